The molecule has 0 bridgehead atoms. The van der Waals surface area contributed by atoms with E-state index in [9.17, 15) is 14.7 Å². The van der Waals surface area contributed by atoms with Crippen LogP contribution in [0.1, 0.15) is 5.56 Å². The summed E-state index contributed by atoms with van der Waals surface area (Å²) in [5.41, 5.74) is 7.09. The van der Waals surface area contributed by atoms with Gasteiger partial charge in [-0.25, -0.2) is 10.2 Å². The molecular formula is C10H11N4O3-. The number of hydrogen-bond acceptors (Lipinski definition) is 5. The second-order valence-corrected chi connectivity index (χ2v) is 3.02. The molecule has 0 aromatic heterocycles. The first-order chi connectivity index (χ1) is 8.06. The topological polar surface area (TPSA) is 120 Å². The quantitative estimate of drug-likeness (QED) is 0.451. The lowest BCUT2D eigenvalue weighted by Crippen LogP contribution is -2.36. The standard InChI is InChI=1S/C10H12N4O3/c1-12-7-5-3-2-4-6(7)8(9(15)16)13-14-10(11)17/h2-5,12H,1H3,(H,15,16)(H3,11,14,17)/p-1/b13-8-. The molecule has 2 amide bonds. The van der Waals surface area contributed by atoms with Crippen molar-refractivity contribution in [1.82, 2.24) is 5.43 Å². The summed E-state index contributed by atoms with van der Waals surface area (Å²) >= 11 is 0. The molecule has 0 unspecified atom stereocenters. The molecule has 0 atom stereocenters. The van der Waals surface area contributed by atoms with Crippen molar-refractivity contribution in [3.8, 4) is 0 Å². The van der Waals surface area contributed by atoms with Gasteiger partial charge in [-0.05, 0) is 6.07 Å². The lowest BCUT2D eigenvalue weighted by atomic mass is 10.1. The van der Waals surface area contributed by atoms with Gasteiger partial charge in [-0.15, -0.1) is 0 Å². The van der Waals surface area contributed by atoms with Crippen molar-refractivity contribution < 1.29 is 14.7 Å². The molecule has 0 saturated heterocycles. The fourth-order valence-electron chi connectivity index (χ4n) is 1.23. The zero-order chi connectivity index (χ0) is 12.8. The van der Waals surface area contributed by atoms with E-state index in [1.165, 1.54) is 6.07 Å². The lowest BCUT2D eigenvalue weighted by Gasteiger charge is -2.12. The molecule has 4 N–H and O–H groups in total. The van der Waals surface area contributed by atoms with Gasteiger partial charge in [0.25, 0.3) is 0 Å². The van der Waals surface area contributed by atoms with E-state index >= 15 is 0 Å². The molecular weight excluding hydrogens is 224 g/mol. The third-order valence-electron chi connectivity index (χ3n) is 1.92. The van der Waals surface area contributed by atoms with Gasteiger partial charge in [-0.2, -0.15) is 5.10 Å². The summed E-state index contributed by atoms with van der Waals surface area (Å²) in [5, 5.41) is 17.1. The van der Waals surface area contributed by atoms with Gasteiger partial charge in [0.05, 0.1) is 5.97 Å². The van der Waals surface area contributed by atoms with Crippen LogP contribution in [-0.2, 0) is 4.79 Å². The normalized spacial score (nSPS) is 10.8. The SMILES string of the molecule is CNc1ccccc1/C(=N/NC(N)=O)C(=O)[O-]. The molecule has 90 valence electrons. The predicted octanol–water partition coefficient (Wildman–Crippen LogP) is -1.15. The molecule has 0 radical (unpaired) electrons. The summed E-state index contributed by atoms with van der Waals surface area (Å²) in [6, 6.07) is 5.61. The van der Waals surface area contributed by atoms with Crippen LogP contribution in [0.5, 0.6) is 0 Å². The third kappa shape index (κ3) is 3.20. The van der Waals surface area contributed by atoms with E-state index in [-0.39, 0.29) is 0 Å². The number of anilines is 1. The van der Waals surface area contributed by atoms with E-state index in [2.05, 4.69) is 10.4 Å². The molecule has 1 rings (SSSR count). The zero-order valence-electron chi connectivity index (χ0n) is 9.06. The Morgan fingerprint density at radius 1 is 1.35 bits per heavy atom. The highest BCUT2D eigenvalue weighted by Gasteiger charge is 2.09. The van der Waals surface area contributed by atoms with Crippen molar-refractivity contribution in [2.24, 2.45) is 10.8 Å². The Labute approximate surface area is 97.3 Å². The zero-order valence-corrected chi connectivity index (χ0v) is 9.06. The molecule has 0 saturated carbocycles. The lowest BCUT2D eigenvalue weighted by molar-refractivity contribution is -0.294. The van der Waals surface area contributed by atoms with E-state index in [4.69, 9.17) is 5.73 Å². The van der Waals surface area contributed by atoms with Crippen LogP contribution < -0.4 is 21.6 Å². The van der Waals surface area contributed by atoms with Crippen LogP contribution in [0.4, 0.5) is 10.5 Å². The van der Waals surface area contributed by atoms with Crippen LogP contribution in [-0.4, -0.2) is 24.8 Å². The molecule has 0 fully saturated rings. The number of hydrazone groups is 1. The Balaban J connectivity index is 3.18. The molecule has 0 aliphatic carbocycles. The van der Waals surface area contributed by atoms with E-state index in [1.807, 2.05) is 5.43 Å². The number of rotatable bonds is 4. The summed E-state index contributed by atoms with van der Waals surface area (Å²) in [6.07, 6.45) is 0. The molecule has 17 heavy (non-hydrogen) atoms. The average Bonchev–Trinajstić information content (AvgIpc) is 2.29. The Hall–Kier alpha value is -2.57. The van der Waals surface area contributed by atoms with Crippen molar-refractivity contribution in [2.45, 2.75) is 0 Å². The number of hydrogen-bond donors (Lipinski definition) is 3. The van der Waals surface area contributed by atoms with Gasteiger partial charge in [-0.1, -0.05) is 18.2 Å². The molecule has 0 aliphatic rings. The van der Waals surface area contributed by atoms with Crippen molar-refractivity contribution >= 4 is 23.4 Å². The fraction of sp³-hybridized carbons (Fsp3) is 0.100. The number of aliphatic carboxylic acids is 1. The summed E-state index contributed by atoms with van der Waals surface area (Å²) in [5.74, 6) is -1.51. The summed E-state index contributed by atoms with van der Waals surface area (Å²) in [4.78, 5) is 21.4. The molecule has 1 aromatic rings. The number of amides is 2. The van der Waals surface area contributed by atoms with Crippen LogP contribution >= 0.6 is 0 Å². The van der Waals surface area contributed by atoms with Gasteiger partial charge in [0.2, 0.25) is 0 Å². The maximum atomic E-state index is 10.9. The highest BCUT2D eigenvalue weighted by molar-refractivity contribution is 6.43. The van der Waals surface area contributed by atoms with Gasteiger partial charge < -0.3 is 21.0 Å². The van der Waals surface area contributed by atoms with Crippen molar-refractivity contribution in [1.29, 1.82) is 0 Å². The van der Waals surface area contributed by atoms with E-state index in [0.717, 1.165) is 0 Å². The maximum absolute atomic E-state index is 10.9. The number of nitrogens with zero attached hydrogens (tertiary/aromatic N) is 1. The summed E-state index contributed by atoms with van der Waals surface area (Å²) < 4.78 is 0. The minimum atomic E-state index is -1.51. The van der Waals surface area contributed by atoms with Gasteiger partial charge in [0.1, 0.15) is 5.71 Å². The van der Waals surface area contributed by atoms with Crippen LogP contribution in [0, 0.1) is 0 Å². The van der Waals surface area contributed by atoms with Crippen LogP contribution in [0.15, 0.2) is 29.4 Å². The average molecular weight is 235 g/mol. The highest BCUT2D eigenvalue weighted by Crippen LogP contribution is 2.14. The summed E-state index contributed by atoms with van der Waals surface area (Å²) in [7, 11) is 1.63. The number of nitrogens with one attached hydrogen (secondary N) is 2. The van der Waals surface area contributed by atoms with E-state index < -0.39 is 17.7 Å². The second-order valence-electron chi connectivity index (χ2n) is 3.02. The fourth-order valence-corrected chi connectivity index (χ4v) is 1.23. The predicted molar refractivity (Wildman–Crippen MR) is 60.3 cm³/mol. The Morgan fingerprint density at radius 3 is 2.53 bits per heavy atom. The van der Waals surface area contributed by atoms with E-state index in [0.29, 0.717) is 11.3 Å². The van der Waals surface area contributed by atoms with Crippen LogP contribution in [0.25, 0.3) is 0 Å². The number of nitrogens with two attached hydrogens (primary N) is 1. The Morgan fingerprint density at radius 2 is 2.00 bits per heavy atom. The van der Waals surface area contributed by atoms with Crippen LogP contribution in [0.3, 0.4) is 0 Å². The van der Waals surface area contributed by atoms with Crippen molar-refractivity contribution in [3.63, 3.8) is 0 Å². The number of carboxylic acids is 1. The minimum Gasteiger partial charge on any atom is -0.543 e. The Bertz CT molecular complexity index is 470. The molecule has 7 heteroatoms. The molecule has 7 nitrogen and oxygen atoms in total. The maximum Gasteiger partial charge on any atom is 0.332 e. The third-order valence-corrected chi connectivity index (χ3v) is 1.92. The Kier molecular flexibility index (Phi) is 4.04. The number of urea groups is 1. The number of primary amides is 1. The van der Waals surface area contributed by atoms with Gasteiger partial charge in [-0.3, -0.25) is 0 Å². The van der Waals surface area contributed by atoms with Crippen molar-refractivity contribution in [3.05, 3.63) is 29.8 Å². The molecule has 0 heterocycles. The molecule has 1 aromatic carbocycles. The first kappa shape index (κ1) is 12.5. The number of benzene rings is 1. The molecule has 0 spiro atoms. The first-order valence-electron chi connectivity index (χ1n) is 4.68. The number of para-hydroxylation sites is 1. The van der Waals surface area contributed by atoms with Gasteiger partial charge >= 0.3 is 6.03 Å². The minimum absolute atomic E-state index is 0.295. The van der Waals surface area contributed by atoms with Gasteiger partial charge in [0.15, 0.2) is 0 Å². The summed E-state index contributed by atoms with van der Waals surface area (Å²) in [6.45, 7) is 0. The second kappa shape index (κ2) is 5.50. The number of carbonyl (C=O) groups is 2. The highest BCUT2D eigenvalue weighted by atomic mass is 16.4. The smallest absolute Gasteiger partial charge is 0.332 e. The largest absolute Gasteiger partial charge is 0.543 e. The van der Waals surface area contributed by atoms with Crippen LogP contribution in [0.2, 0.25) is 0 Å². The van der Waals surface area contributed by atoms with E-state index in [1.54, 1.807) is 25.2 Å². The number of carboxylic acid groups (broad SMARTS) is 1. The number of carbonyl (C=O) groups excluding carboxylic acids is 2. The first-order valence-corrected chi connectivity index (χ1v) is 4.68. The monoisotopic (exact) mass is 235 g/mol. The van der Waals surface area contributed by atoms with Gasteiger partial charge in [0, 0.05) is 18.3 Å². The van der Waals surface area contributed by atoms with Crippen molar-refractivity contribution in [2.75, 3.05) is 12.4 Å². The molecule has 0 aliphatic heterocycles.